The second-order valence-corrected chi connectivity index (χ2v) is 9.44. The number of Topliss-reactive ketones (excluding diaryl/α,β-unsaturated/α-hetero) is 1. The van der Waals surface area contributed by atoms with Gasteiger partial charge in [0.05, 0.1) is 28.9 Å². The van der Waals surface area contributed by atoms with E-state index in [1.165, 1.54) is 16.2 Å². The van der Waals surface area contributed by atoms with Crippen molar-refractivity contribution in [3.63, 3.8) is 0 Å². The van der Waals surface area contributed by atoms with Crippen molar-refractivity contribution in [3.05, 3.63) is 93.5 Å². The molecule has 34 heavy (non-hydrogen) atoms. The average Bonchev–Trinajstić information content (AvgIpc) is 3.37. The fourth-order valence-corrected chi connectivity index (χ4v) is 5.15. The van der Waals surface area contributed by atoms with E-state index in [1.54, 1.807) is 67.8 Å². The van der Waals surface area contributed by atoms with Crippen LogP contribution in [0.25, 0.3) is 16.0 Å². The van der Waals surface area contributed by atoms with Gasteiger partial charge in [-0.25, -0.2) is 4.98 Å². The Morgan fingerprint density at radius 2 is 1.65 bits per heavy atom. The lowest BCUT2D eigenvalue weighted by Gasteiger charge is -2.23. The number of carbonyl (C=O) groups excluding carboxylic acids is 2. The summed E-state index contributed by atoms with van der Waals surface area (Å²) >= 11 is 13.3. The highest BCUT2D eigenvalue weighted by molar-refractivity contribution is 7.22. The first kappa shape index (κ1) is 22.4. The van der Waals surface area contributed by atoms with E-state index in [-0.39, 0.29) is 11.3 Å². The summed E-state index contributed by atoms with van der Waals surface area (Å²) in [5.74, 6) is -1.22. The van der Waals surface area contributed by atoms with Crippen molar-refractivity contribution >= 4 is 67.3 Å². The lowest BCUT2D eigenvalue weighted by Crippen LogP contribution is -2.29. The number of benzene rings is 3. The number of halogens is 2. The number of aromatic nitrogens is 1. The van der Waals surface area contributed by atoms with Crippen LogP contribution in [0.1, 0.15) is 17.2 Å². The first-order valence-electron chi connectivity index (χ1n) is 10.1. The topological polar surface area (TPSA) is 79.7 Å². The van der Waals surface area contributed by atoms with Crippen molar-refractivity contribution in [2.24, 2.45) is 0 Å². The molecule has 0 unspecified atom stereocenters. The Kier molecular flexibility index (Phi) is 5.77. The highest BCUT2D eigenvalue weighted by Gasteiger charge is 2.48. The SMILES string of the molecule is COc1ccc2nc(N3C(=O)C(=O)C(=C(O)c4ccc(Cl)cc4)[C@@H]3c3ccc(Cl)cc3)sc2c1. The van der Waals surface area contributed by atoms with Crippen LogP contribution in [0.3, 0.4) is 0 Å². The Morgan fingerprint density at radius 1 is 1.00 bits per heavy atom. The molecule has 1 saturated heterocycles. The summed E-state index contributed by atoms with van der Waals surface area (Å²) in [6, 6.07) is 17.7. The third kappa shape index (κ3) is 3.81. The number of thiazole rings is 1. The van der Waals surface area contributed by atoms with Crippen molar-refractivity contribution in [3.8, 4) is 5.75 Å². The largest absolute Gasteiger partial charge is 0.507 e. The van der Waals surface area contributed by atoms with E-state index in [4.69, 9.17) is 27.9 Å². The molecule has 0 saturated carbocycles. The van der Waals surface area contributed by atoms with Gasteiger partial charge in [-0.05, 0) is 60.2 Å². The number of aliphatic hydroxyl groups excluding tert-OH is 1. The van der Waals surface area contributed by atoms with Crippen LogP contribution < -0.4 is 9.64 Å². The van der Waals surface area contributed by atoms with Gasteiger partial charge >= 0.3 is 5.91 Å². The maximum Gasteiger partial charge on any atom is 0.301 e. The number of hydrogen-bond acceptors (Lipinski definition) is 6. The molecule has 1 atom stereocenters. The normalized spacial score (nSPS) is 17.5. The van der Waals surface area contributed by atoms with Gasteiger partial charge in [0, 0.05) is 15.6 Å². The number of fused-ring (bicyclic) bond motifs is 1. The standard InChI is InChI=1S/C25H16Cl2N2O4S/c1-33-17-10-11-18-19(12-17)34-25(28-18)29-21(13-2-6-15(26)7-3-13)20(23(31)24(29)32)22(30)14-4-8-16(27)9-5-14/h2-12,21,30H,1H3/t21-/m0/s1. The highest BCUT2D eigenvalue weighted by atomic mass is 35.5. The van der Waals surface area contributed by atoms with Crippen molar-refractivity contribution < 1.29 is 19.4 Å². The molecule has 9 heteroatoms. The summed E-state index contributed by atoms with van der Waals surface area (Å²) in [7, 11) is 1.57. The Balaban J connectivity index is 1.71. The van der Waals surface area contributed by atoms with E-state index < -0.39 is 17.7 Å². The molecule has 0 bridgehead atoms. The van der Waals surface area contributed by atoms with Crippen LogP contribution in [0.2, 0.25) is 10.0 Å². The van der Waals surface area contributed by atoms with Crippen LogP contribution in [-0.2, 0) is 9.59 Å². The molecule has 170 valence electrons. The minimum absolute atomic E-state index is 0.0357. The smallest absolute Gasteiger partial charge is 0.301 e. The predicted octanol–water partition coefficient (Wildman–Crippen LogP) is 6.24. The number of ether oxygens (including phenoxy) is 1. The molecule has 4 aromatic rings. The van der Waals surface area contributed by atoms with E-state index in [0.717, 1.165) is 4.70 Å². The van der Waals surface area contributed by atoms with Crippen molar-refractivity contribution in [2.45, 2.75) is 6.04 Å². The number of nitrogens with zero attached hydrogens (tertiary/aromatic N) is 2. The summed E-state index contributed by atoms with van der Waals surface area (Å²) in [6.45, 7) is 0. The van der Waals surface area contributed by atoms with Gasteiger partial charge in [-0.15, -0.1) is 0 Å². The number of hydrogen-bond donors (Lipinski definition) is 1. The highest BCUT2D eigenvalue weighted by Crippen LogP contribution is 2.44. The first-order valence-corrected chi connectivity index (χ1v) is 11.7. The quantitative estimate of drug-likeness (QED) is 0.199. The monoisotopic (exact) mass is 510 g/mol. The second kappa shape index (κ2) is 8.76. The Bertz CT molecular complexity index is 1460. The van der Waals surface area contributed by atoms with Crippen LogP contribution in [0.15, 0.2) is 72.3 Å². The summed E-state index contributed by atoms with van der Waals surface area (Å²) < 4.78 is 6.08. The molecule has 1 aromatic heterocycles. The Hall–Kier alpha value is -3.39. The molecule has 1 aliphatic heterocycles. The lowest BCUT2D eigenvalue weighted by atomic mass is 9.95. The molecule has 5 rings (SSSR count). The van der Waals surface area contributed by atoms with Crippen molar-refractivity contribution in [1.82, 2.24) is 4.98 Å². The zero-order chi connectivity index (χ0) is 24.0. The number of aliphatic hydroxyl groups is 1. The van der Waals surface area contributed by atoms with E-state index in [1.807, 2.05) is 6.07 Å². The summed E-state index contributed by atoms with van der Waals surface area (Å²) in [4.78, 5) is 32.4. The number of ketones is 1. The first-order chi connectivity index (χ1) is 16.4. The summed E-state index contributed by atoms with van der Waals surface area (Å²) in [5, 5.41) is 12.5. The third-order valence-electron chi connectivity index (χ3n) is 5.54. The Labute approximate surface area is 208 Å². The summed E-state index contributed by atoms with van der Waals surface area (Å²) in [6.07, 6.45) is 0. The van der Waals surface area contributed by atoms with Crippen LogP contribution >= 0.6 is 34.5 Å². The van der Waals surface area contributed by atoms with Crippen molar-refractivity contribution in [2.75, 3.05) is 12.0 Å². The molecular formula is C25H16Cl2N2O4S. The molecular weight excluding hydrogens is 495 g/mol. The molecule has 2 heterocycles. The molecule has 3 aromatic carbocycles. The van der Waals surface area contributed by atoms with Gasteiger partial charge in [0.1, 0.15) is 11.5 Å². The molecule has 1 N–H and O–H groups in total. The molecule has 1 amide bonds. The Morgan fingerprint density at radius 3 is 2.29 bits per heavy atom. The number of rotatable bonds is 4. The van der Waals surface area contributed by atoms with Gasteiger partial charge in [-0.1, -0.05) is 46.7 Å². The lowest BCUT2D eigenvalue weighted by molar-refractivity contribution is -0.132. The summed E-state index contributed by atoms with van der Waals surface area (Å²) in [5.41, 5.74) is 1.60. The van der Waals surface area contributed by atoms with Crippen LogP contribution in [0.4, 0.5) is 5.13 Å². The van der Waals surface area contributed by atoms with Gasteiger partial charge in [0.15, 0.2) is 5.13 Å². The van der Waals surface area contributed by atoms with E-state index in [2.05, 4.69) is 4.98 Å². The predicted molar refractivity (Wildman–Crippen MR) is 134 cm³/mol. The van der Waals surface area contributed by atoms with Crippen LogP contribution in [0.5, 0.6) is 5.75 Å². The molecule has 6 nitrogen and oxygen atoms in total. The average molecular weight is 511 g/mol. The number of anilines is 1. The van der Waals surface area contributed by atoms with E-state index in [9.17, 15) is 14.7 Å². The molecule has 0 radical (unpaired) electrons. The zero-order valence-electron chi connectivity index (χ0n) is 17.7. The van der Waals surface area contributed by atoms with Gasteiger partial charge in [-0.2, -0.15) is 0 Å². The molecule has 0 spiro atoms. The molecule has 0 aliphatic carbocycles. The maximum atomic E-state index is 13.3. The third-order valence-corrected chi connectivity index (χ3v) is 7.06. The molecule has 1 aliphatic rings. The van der Waals surface area contributed by atoms with Crippen LogP contribution in [0, 0.1) is 0 Å². The van der Waals surface area contributed by atoms with Gasteiger partial charge in [0.2, 0.25) is 0 Å². The number of carbonyl (C=O) groups is 2. The van der Waals surface area contributed by atoms with E-state index >= 15 is 0 Å². The van der Waals surface area contributed by atoms with Crippen molar-refractivity contribution in [1.29, 1.82) is 0 Å². The zero-order valence-corrected chi connectivity index (χ0v) is 20.0. The maximum absolute atomic E-state index is 13.3. The number of methoxy groups -OCH3 is 1. The fourth-order valence-electron chi connectivity index (χ4n) is 3.88. The van der Waals surface area contributed by atoms with Gasteiger partial charge in [-0.3, -0.25) is 14.5 Å². The van der Waals surface area contributed by atoms with Gasteiger partial charge in [0.25, 0.3) is 5.78 Å². The molecule has 1 fully saturated rings. The minimum atomic E-state index is -0.893. The van der Waals surface area contributed by atoms with Gasteiger partial charge < -0.3 is 9.84 Å². The van der Waals surface area contributed by atoms with Crippen LogP contribution in [-0.4, -0.2) is 28.9 Å². The van der Waals surface area contributed by atoms with E-state index in [0.29, 0.717) is 37.6 Å². The minimum Gasteiger partial charge on any atom is -0.507 e. The number of amides is 1. The second-order valence-electron chi connectivity index (χ2n) is 7.56. The fraction of sp³-hybridized carbons (Fsp3) is 0.0800.